The number of hydrogen-bond donors (Lipinski definition) is 2. The van der Waals surface area contributed by atoms with Crippen molar-refractivity contribution < 1.29 is 22.7 Å². The summed E-state index contributed by atoms with van der Waals surface area (Å²) in [5.74, 6) is -0.289. The van der Waals surface area contributed by atoms with Crippen LogP contribution in [0, 0.1) is 5.92 Å². The molecule has 0 bridgehead atoms. The first-order chi connectivity index (χ1) is 12.8. The number of ether oxygens (including phenoxy) is 1. The van der Waals surface area contributed by atoms with Gasteiger partial charge in [-0.05, 0) is 24.8 Å². The number of carbonyl (C=O) groups excluding carboxylic acids is 2. The molecule has 1 saturated carbocycles. The SMILES string of the molecule is C[C@@H]1CCCC[C@@H]1NC(=O)CCS(=O)(=O)c1cc2c(cc1Cl)NC(=O)CO2. The summed E-state index contributed by atoms with van der Waals surface area (Å²) in [6, 6.07) is 2.76. The van der Waals surface area contributed by atoms with Crippen LogP contribution in [0.5, 0.6) is 5.75 Å². The van der Waals surface area contributed by atoms with Crippen LogP contribution >= 0.6 is 11.6 Å². The second-order valence-electron chi connectivity index (χ2n) is 7.12. The summed E-state index contributed by atoms with van der Waals surface area (Å²) in [7, 11) is -3.77. The van der Waals surface area contributed by atoms with E-state index < -0.39 is 9.84 Å². The van der Waals surface area contributed by atoms with Crippen LogP contribution in [0.1, 0.15) is 39.0 Å². The number of amides is 2. The van der Waals surface area contributed by atoms with E-state index in [1.54, 1.807) is 0 Å². The van der Waals surface area contributed by atoms with Crippen LogP contribution < -0.4 is 15.4 Å². The molecule has 2 atom stereocenters. The van der Waals surface area contributed by atoms with Gasteiger partial charge < -0.3 is 15.4 Å². The molecule has 7 nitrogen and oxygen atoms in total. The molecule has 0 spiro atoms. The van der Waals surface area contributed by atoms with Crippen molar-refractivity contribution in [3.63, 3.8) is 0 Å². The topological polar surface area (TPSA) is 102 Å². The monoisotopic (exact) mass is 414 g/mol. The van der Waals surface area contributed by atoms with Crippen molar-refractivity contribution >= 4 is 38.9 Å². The van der Waals surface area contributed by atoms with E-state index in [0.29, 0.717) is 11.6 Å². The summed E-state index contributed by atoms with van der Waals surface area (Å²) in [4.78, 5) is 23.4. The molecule has 1 aliphatic heterocycles. The van der Waals surface area contributed by atoms with Gasteiger partial charge in [-0.2, -0.15) is 0 Å². The van der Waals surface area contributed by atoms with Gasteiger partial charge in [0.05, 0.1) is 21.4 Å². The summed E-state index contributed by atoms with van der Waals surface area (Å²) in [6.07, 6.45) is 4.12. The van der Waals surface area contributed by atoms with Gasteiger partial charge in [-0.15, -0.1) is 0 Å². The molecule has 1 fully saturated rings. The summed E-state index contributed by atoms with van der Waals surface area (Å²) >= 11 is 6.10. The highest BCUT2D eigenvalue weighted by molar-refractivity contribution is 7.91. The average molecular weight is 415 g/mol. The lowest BCUT2D eigenvalue weighted by atomic mass is 9.86. The fourth-order valence-corrected chi connectivity index (χ4v) is 5.30. The molecule has 3 rings (SSSR count). The highest BCUT2D eigenvalue weighted by atomic mass is 35.5. The third kappa shape index (κ3) is 4.73. The Kier molecular flexibility index (Phi) is 5.95. The lowest BCUT2D eigenvalue weighted by Gasteiger charge is -2.29. The number of fused-ring (bicyclic) bond motifs is 1. The Morgan fingerprint density at radius 3 is 2.81 bits per heavy atom. The van der Waals surface area contributed by atoms with Gasteiger partial charge in [-0.1, -0.05) is 31.4 Å². The molecule has 9 heteroatoms. The molecular formula is C18H23ClN2O5S. The zero-order valence-electron chi connectivity index (χ0n) is 15.1. The second-order valence-corrected chi connectivity index (χ2v) is 9.61. The molecule has 27 heavy (non-hydrogen) atoms. The van der Waals surface area contributed by atoms with Crippen molar-refractivity contribution in [3.05, 3.63) is 17.2 Å². The maximum absolute atomic E-state index is 12.7. The summed E-state index contributed by atoms with van der Waals surface area (Å²) < 4.78 is 30.6. The fraction of sp³-hybridized carbons (Fsp3) is 0.556. The average Bonchev–Trinajstić information content (AvgIpc) is 2.61. The van der Waals surface area contributed by atoms with Crippen LogP contribution in [0.2, 0.25) is 5.02 Å². The lowest BCUT2D eigenvalue weighted by molar-refractivity contribution is -0.122. The van der Waals surface area contributed by atoms with E-state index in [-0.39, 0.29) is 52.3 Å². The van der Waals surface area contributed by atoms with Gasteiger partial charge in [0.2, 0.25) is 5.91 Å². The Balaban J connectivity index is 1.66. The minimum Gasteiger partial charge on any atom is -0.482 e. The van der Waals surface area contributed by atoms with E-state index in [9.17, 15) is 18.0 Å². The largest absolute Gasteiger partial charge is 0.482 e. The highest BCUT2D eigenvalue weighted by Crippen LogP contribution is 2.36. The van der Waals surface area contributed by atoms with Gasteiger partial charge in [0.1, 0.15) is 5.75 Å². The van der Waals surface area contributed by atoms with E-state index in [4.69, 9.17) is 16.3 Å². The van der Waals surface area contributed by atoms with E-state index in [0.717, 1.165) is 19.3 Å². The zero-order valence-corrected chi connectivity index (χ0v) is 16.7. The number of halogens is 1. The van der Waals surface area contributed by atoms with Gasteiger partial charge >= 0.3 is 0 Å². The summed E-state index contributed by atoms with van der Waals surface area (Å²) in [6.45, 7) is 1.92. The first kappa shape index (κ1) is 19.9. The number of sulfone groups is 1. The van der Waals surface area contributed by atoms with Gasteiger partial charge in [0.25, 0.3) is 5.91 Å². The number of carbonyl (C=O) groups is 2. The minimum atomic E-state index is -3.77. The molecule has 0 unspecified atom stereocenters. The molecule has 1 aliphatic carbocycles. The number of rotatable bonds is 5. The first-order valence-corrected chi connectivity index (χ1v) is 11.1. The van der Waals surface area contributed by atoms with Crippen molar-refractivity contribution in [2.75, 3.05) is 17.7 Å². The quantitative estimate of drug-likeness (QED) is 0.770. The zero-order chi connectivity index (χ0) is 19.6. The molecule has 1 aromatic rings. The second kappa shape index (κ2) is 8.06. The van der Waals surface area contributed by atoms with Gasteiger partial charge in [0.15, 0.2) is 16.4 Å². The maximum atomic E-state index is 12.7. The molecular weight excluding hydrogens is 392 g/mol. The van der Waals surface area contributed by atoms with Crippen LogP contribution in [0.15, 0.2) is 17.0 Å². The Labute approximate surface area is 163 Å². The number of anilines is 1. The lowest BCUT2D eigenvalue weighted by Crippen LogP contribution is -2.41. The van der Waals surface area contributed by atoms with Crippen molar-refractivity contribution in [2.24, 2.45) is 5.92 Å². The molecule has 2 amide bonds. The molecule has 1 aromatic carbocycles. The molecule has 1 heterocycles. The first-order valence-electron chi connectivity index (χ1n) is 9.04. The van der Waals surface area contributed by atoms with Crippen molar-refractivity contribution in [2.45, 2.75) is 50.0 Å². The molecule has 0 radical (unpaired) electrons. The Morgan fingerprint density at radius 1 is 1.33 bits per heavy atom. The molecule has 2 N–H and O–H groups in total. The van der Waals surface area contributed by atoms with Crippen LogP contribution in [-0.2, 0) is 19.4 Å². The third-order valence-electron chi connectivity index (χ3n) is 5.06. The Hall–Kier alpha value is -1.80. The summed E-state index contributed by atoms with van der Waals surface area (Å²) in [5.41, 5.74) is 0.333. The van der Waals surface area contributed by atoms with Gasteiger partial charge in [0, 0.05) is 18.5 Å². The van der Waals surface area contributed by atoms with Crippen LogP contribution in [0.3, 0.4) is 0 Å². The standard InChI is InChI=1S/C18H23ClN2O5S/c1-11-4-2-3-5-13(11)20-17(22)6-7-27(24,25)16-9-15-14(8-12(16)19)21-18(23)10-26-15/h8-9,11,13H,2-7,10H2,1H3,(H,20,22)(H,21,23)/t11-,13+/m1/s1. The Bertz CT molecular complexity index is 856. The van der Waals surface area contributed by atoms with E-state index in [1.807, 2.05) is 0 Å². The summed E-state index contributed by atoms with van der Waals surface area (Å²) in [5, 5.41) is 5.51. The van der Waals surface area contributed by atoms with Crippen molar-refractivity contribution in [1.29, 1.82) is 0 Å². The van der Waals surface area contributed by atoms with Gasteiger partial charge in [-0.25, -0.2) is 8.42 Å². The van der Waals surface area contributed by atoms with Crippen molar-refractivity contribution in [1.82, 2.24) is 5.32 Å². The van der Waals surface area contributed by atoms with Crippen LogP contribution in [-0.4, -0.2) is 38.6 Å². The predicted octanol–water partition coefficient (Wildman–Crippen LogP) is 2.53. The van der Waals surface area contributed by atoms with E-state index in [2.05, 4.69) is 17.6 Å². The molecule has 0 saturated heterocycles. The van der Waals surface area contributed by atoms with Crippen LogP contribution in [0.25, 0.3) is 0 Å². The number of nitrogens with one attached hydrogen (secondary N) is 2. The van der Waals surface area contributed by atoms with E-state index >= 15 is 0 Å². The predicted molar refractivity (Wildman–Crippen MR) is 102 cm³/mol. The molecule has 2 aliphatic rings. The third-order valence-corrected chi connectivity index (χ3v) is 7.23. The number of hydrogen-bond acceptors (Lipinski definition) is 5. The Morgan fingerprint density at radius 2 is 2.07 bits per heavy atom. The van der Waals surface area contributed by atoms with Crippen LogP contribution in [0.4, 0.5) is 5.69 Å². The number of benzene rings is 1. The fourth-order valence-electron chi connectivity index (χ4n) is 3.47. The van der Waals surface area contributed by atoms with Gasteiger partial charge in [-0.3, -0.25) is 9.59 Å². The normalized spacial score (nSPS) is 22.4. The molecule has 148 valence electrons. The van der Waals surface area contributed by atoms with Crippen molar-refractivity contribution in [3.8, 4) is 5.75 Å². The molecule has 0 aromatic heterocycles. The van der Waals surface area contributed by atoms with E-state index in [1.165, 1.54) is 18.6 Å². The maximum Gasteiger partial charge on any atom is 0.262 e. The smallest absolute Gasteiger partial charge is 0.262 e. The highest BCUT2D eigenvalue weighted by Gasteiger charge is 2.27. The minimum absolute atomic E-state index is 0.0131.